The highest BCUT2D eigenvalue weighted by atomic mass is 16.5. The van der Waals surface area contributed by atoms with Gasteiger partial charge >= 0.3 is 12.2 Å². The van der Waals surface area contributed by atoms with E-state index in [1.807, 2.05) is 25.1 Å². The molecule has 1 amide bonds. The Bertz CT molecular complexity index is 975. The summed E-state index contributed by atoms with van der Waals surface area (Å²) < 4.78 is 5.14. The van der Waals surface area contributed by atoms with Crippen LogP contribution >= 0.6 is 0 Å². The number of carbonyl (C=O) groups excluding carboxylic acids is 3. The predicted octanol–water partition coefficient (Wildman–Crippen LogP) is 1.48. The van der Waals surface area contributed by atoms with Gasteiger partial charge in [0.05, 0.1) is 16.4 Å². The molecule has 2 aromatic rings. The molecule has 9 nitrogen and oxygen atoms in total. The van der Waals surface area contributed by atoms with E-state index in [9.17, 15) is 19.5 Å². The molecule has 0 saturated heterocycles. The Morgan fingerprint density at radius 2 is 2.07 bits per heavy atom. The van der Waals surface area contributed by atoms with E-state index in [1.54, 1.807) is 20.0 Å². The number of hydrogen-bond acceptors (Lipinski definition) is 6. The summed E-state index contributed by atoms with van der Waals surface area (Å²) in [5.41, 5.74) is 9.45. The van der Waals surface area contributed by atoms with E-state index in [4.69, 9.17) is 10.3 Å². The highest BCUT2D eigenvalue weighted by Gasteiger charge is 2.27. The third-order valence-electron chi connectivity index (χ3n) is 4.48. The highest BCUT2D eigenvalue weighted by Crippen LogP contribution is 2.21. The van der Waals surface area contributed by atoms with Crippen LogP contribution in [0.3, 0.4) is 0 Å². The first-order valence-corrected chi connectivity index (χ1v) is 9.69. The Balaban J connectivity index is 2.07. The van der Waals surface area contributed by atoms with Crippen molar-refractivity contribution in [1.29, 1.82) is 5.53 Å². The number of hydrogen-bond donors (Lipinski definition) is 4. The van der Waals surface area contributed by atoms with Crippen molar-refractivity contribution in [2.75, 3.05) is 0 Å². The molecular weight excluding hydrogens is 388 g/mol. The van der Waals surface area contributed by atoms with Gasteiger partial charge in [0.25, 0.3) is 0 Å². The van der Waals surface area contributed by atoms with Crippen molar-refractivity contribution in [3.05, 3.63) is 35.5 Å². The summed E-state index contributed by atoms with van der Waals surface area (Å²) in [6, 6.07) is 4.74. The molecule has 0 fully saturated rings. The Hall–Kier alpha value is -3.29. The number of nitrogens with one attached hydrogen (secondary N) is 3. The van der Waals surface area contributed by atoms with Crippen LogP contribution in [0.5, 0.6) is 0 Å². The van der Waals surface area contributed by atoms with E-state index >= 15 is 0 Å². The van der Waals surface area contributed by atoms with Crippen LogP contribution in [0.4, 0.5) is 0 Å². The van der Waals surface area contributed by atoms with Crippen LogP contribution in [-0.4, -0.2) is 57.0 Å². The lowest BCUT2D eigenvalue weighted by Gasteiger charge is -2.20. The molecule has 0 aliphatic carbocycles. The number of rotatable bonds is 10. The second-order valence-corrected chi connectivity index (χ2v) is 7.39. The number of H-pyrrole nitrogens is 1. The summed E-state index contributed by atoms with van der Waals surface area (Å²) >= 11 is 0. The topological polar surface area (TPSA) is 146 Å². The van der Waals surface area contributed by atoms with Gasteiger partial charge in [-0.1, -0.05) is 12.1 Å². The summed E-state index contributed by atoms with van der Waals surface area (Å²) in [6.45, 7) is 5.31. The van der Waals surface area contributed by atoms with Gasteiger partial charge in [-0.15, -0.1) is 0 Å². The highest BCUT2D eigenvalue weighted by molar-refractivity contribution is 6.25. The second-order valence-electron chi connectivity index (χ2n) is 7.39. The average molecular weight is 415 g/mol. The zero-order valence-corrected chi connectivity index (χ0v) is 17.3. The number of Topliss-reactive ketones (excluding diaryl/α,β-unsaturated/α-hetero) is 1. The molecule has 1 aromatic heterocycles. The third kappa shape index (κ3) is 6.37. The van der Waals surface area contributed by atoms with Crippen molar-refractivity contribution < 1.29 is 29.0 Å². The molecule has 30 heavy (non-hydrogen) atoms. The first-order chi connectivity index (χ1) is 14.2. The zero-order valence-electron chi connectivity index (χ0n) is 17.3. The number of aromatic nitrogens is 1. The van der Waals surface area contributed by atoms with Gasteiger partial charge in [-0.25, -0.2) is 4.79 Å². The number of esters is 1. The van der Waals surface area contributed by atoms with E-state index in [2.05, 4.69) is 15.1 Å². The van der Waals surface area contributed by atoms with Gasteiger partial charge in [0, 0.05) is 29.9 Å². The molecule has 0 bridgehead atoms. The Morgan fingerprint density at radius 3 is 2.73 bits per heavy atom. The van der Waals surface area contributed by atoms with Crippen molar-refractivity contribution in [2.45, 2.75) is 58.3 Å². The van der Waals surface area contributed by atoms with Gasteiger partial charge in [0.1, 0.15) is 12.1 Å². The lowest BCUT2D eigenvalue weighted by Crippen LogP contribution is -2.47. The number of nitrogens with zero attached hydrogens (tertiary/aromatic N) is 1. The van der Waals surface area contributed by atoms with E-state index in [0.29, 0.717) is 0 Å². The van der Waals surface area contributed by atoms with E-state index in [0.717, 1.165) is 28.2 Å². The number of carbonyl (C=O) groups is 3. The standard InChI is InChI=1S/C21H26N4O5/c1-12(2)30-21(29)17(7-5-15(26)11-24-22)25-20(28)19(27)9-14-10-23-18-8-13(3)4-6-16(14)18/h4,6,8,10-12,17,19,22-23,27H,5,7,9H2,1-3H3/p+1/t17-,19-/m0/s1. The molecule has 1 aromatic carbocycles. The van der Waals surface area contributed by atoms with Gasteiger partial charge in [-0.3, -0.25) is 9.59 Å². The molecule has 0 spiro atoms. The minimum absolute atomic E-state index is 0.0266. The molecule has 0 saturated carbocycles. The van der Waals surface area contributed by atoms with E-state index in [-0.39, 0.29) is 19.3 Å². The molecule has 2 rings (SSSR count). The van der Waals surface area contributed by atoms with Gasteiger partial charge in [-0.2, -0.15) is 0 Å². The molecule has 0 aliphatic rings. The molecule has 0 unspecified atom stereocenters. The van der Waals surface area contributed by atoms with Crippen LogP contribution in [0.15, 0.2) is 24.4 Å². The van der Waals surface area contributed by atoms with Gasteiger partial charge in [0.15, 0.2) is 0 Å². The van der Waals surface area contributed by atoms with E-state index < -0.39 is 35.9 Å². The number of amides is 1. The maximum atomic E-state index is 12.5. The summed E-state index contributed by atoms with van der Waals surface area (Å²) in [5, 5.41) is 13.8. The Kier molecular flexibility index (Phi) is 8.03. The first-order valence-electron chi connectivity index (χ1n) is 9.69. The molecule has 160 valence electrons. The smallest absolute Gasteiger partial charge is 0.372 e. The Morgan fingerprint density at radius 1 is 1.33 bits per heavy atom. The monoisotopic (exact) mass is 415 g/mol. The number of aromatic amines is 1. The average Bonchev–Trinajstić information content (AvgIpc) is 3.06. The summed E-state index contributed by atoms with van der Waals surface area (Å²) in [5.74, 6) is -1.87. The van der Waals surface area contributed by atoms with E-state index in [1.165, 1.54) is 0 Å². The molecule has 4 N–H and O–H groups in total. The fourth-order valence-electron chi connectivity index (χ4n) is 3.02. The number of benzene rings is 1. The molecular formula is C21H27N4O5+. The third-order valence-corrected chi connectivity index (χ3v) is 4.48. The number of aliphatic hydroxyl groups is 1. The van der Waals surface area contributed by atoms with Crippen molar-refractivity contribution >= 4 is 34.8 Å². The Labute approximate surface area is 174 Å². The summed E-state index contributed by atoms with van der Waals surface area (Å²) in [6.07, 6.45) is 0.724. The fourth-order valence-corrected chi connectivity index (χ4v) is 3.02. The van der Waals surface area contributed by atoms with Gasteiger partial charge in [-0.05, 0) is 44.4 Å². The maximum absolute atomic E-state index is 12.5. The molecule has 1 heterocycles. The maximum Gasteiger partial charge on any atom is 0.372 e. The van der Waals surface area contributed by atoms with Crippen LogP contribution in [0.25, 0.3) is 10.9 Å². The van der Waals surface area contributed by atoms with Crippen molar-refractivity contribution in [3.63, 3.8) is 0 Å². The zero-order chi connectivity index (χ0) is 22.3. The minimum Gasteiger partial charge on any atom is -0.461 e. The second kappa shape index (κ2) is 10.5. The van der Waals surface area contributed by atoms with Crippen LogP contribution in [0, 0.1) is 12.5 Å². The van der Waals surface area contributed by atoms with Crippen LogP contribution in [0.2, 0.25) is 0 Å². The number of ketones is 1. The van der Waals surface area contributed by atoms with Crippen molar-refractivity contribution in [3.8, 4) is 0 Å². The fraction of sp³-hybridized carbons (Fsp3) is 0.429. The molecule has 0 aliphatic heterocycles. The number of aryl methyl sites for hydroxylation is 1. The van der Waals surface area contributed by atoms with Crippen molar-refractivity contribution in [1.82, 2.24) is 10.3 Å². The summed E-state index contributed by atoms with van der Waals surface area (Å²) in [7, 11) is 0. The normalized spacial score (nSPS) is 12.8. The molecule has 0 radical (unpaired) electrons. The predicted molar refractivity (Wildman–Crippen MR) is 109 cm³/mol. The van der Waals surface area contributed by atoms with Gasteiger partial charge in [0.2, 0.25) is 11.7 Å². The van der Waals surface area contributed by atoms with Crippen LogP contribution < -0.4 is 5.32 Å². The van der Waals surface area contributed by atoms with Crippen molar-refractivity contribution in [2.24, 2.45) is 0 Å². The first kappa shape index (κ1) is 23.0. The molecule has 2 atom stereocenters. The van der Waals surface area contributed by atoms with Crippen LogP contribution in [-0.2, 0) is 25.5 Å². The van der Waals surface area contributed by atoms with Crippen LogP contribution in [0.1, 0.15) is 37.8 Å². The number of aliphatic hydroxyl groups excluding tert-OH is 1. The van der Waals surface area contributed by atoms with Gasteiger partial charge < -0.3 is 20.1 Å². The quantitative estimate of drug-likeness (QED) is 0.201. The summed E-state index contributed by atoms with van der Waals surface area (Å²) in [4.78, 5) is 42.4. The minimum atomic E-state index is -1.38. The lowest BCUT2D eigenvalue weighted by molar-refractivity contribution is -0.152. The largest absolute Gasteiger partial charge is 0.461 e. The number of ether oxygens (including phenoxy) is 1. The SMILES string of the molecule is Cc1ccc2c(C[C@H](O)C(=O)N[C@@H](CCC(=O)C=[N+]=N)C(=O)OC(C)C)c[nH]c2c1. The lowest BCUT2D eigenvalue weighted by atomic mass is 10.0. The number of fused-ring (bicyclic) bond motifs is 1. The molecule has 9 heteroatoms.